The van der Waals surface area contributed by atoms with Crippen molar-refractivity contribution >= 4 is 7.12 Å². The first-order valence-electron chi connectivity index (χ1n) is 4.89. The van der Waals surface area contributed by atoms with E-state index in [1.165, 1.54) is 0 Å². The van der Waals surface area contributed by atoms with Crippen LogP contribution in [0.15, 0.2) is 0 Å². The summed E-state index contributed by atoms with van der Waals surface area (Å²) in [5.41, 5.74) is -0.711. The van der Waals surface area contributed by atoms with Crippen molar-refractivity contribution < 1.29 is 9.31 Å². The second-order valence-electron chi connectivity index (χ2n) is 5.42. The van der Waals surface area contributed by atoms with E-state index in [2.05, 4.69) is 6.07 Å². The lowest BCUT2D eigenvalue weighted by molar-refractivity contribution is 0.00578. The van der Waals surface area contributed by atoms with Crippen molar-refractivity contribution in [3.05, 3.63) is 0 Å². The Morgan fingerprint density at radius 2 is 1.43 bits per heavy atom. The highest BCUT2D eigenvalue weighted by atomic mass is 16.7. The Morgan fingerprint density at radius 1 is 1.07 bits per heavy atom. The predicted molar refractivity (Wildman–Crippen MR) is 55.7 cm³/mol. The smallest absolute Gasteiger partial charge is 0.402 e. The monoisotopic (exact) mass is 195 g/mol. The van der Waals surface area contributed by atoms with Crippen LogP contribution in [0, 0.1) is 11.3 Å². The molecule has 0 aromatic carbocycles. The van der Waals surface area contributed by atoms with E-state index in [-0.39, 0.29) is 11.2 Å². The van der Waals surface area contributed by atoms with E-state index in [0.717, 1.165) is 0 Å². The first-order valence-corrected chi connectivity index (χ1v) is 4.89. The second kappa shape index (κ2) is 2.98. The van der Waals surface area contributed by atoms with Gasteiger partial charge in [-0.1, -0.05) is 0 Å². The summed E-state index contributed by atoms with van der Waals surface area (Å²) in [6, 6.07) is 2.21. The molecular weight excluding hydrogens is 177 g/mol. The maximum Gasteiger partial charge on any atom is 0.478 e. The third-order valence-electron chi connectivity index (χ3n) is 3.13. The standard InChI is InChI=1S/C10H18BNO2/c1-8(2,7-12)11-13-9(3,4)10(5,6)14-11/h1-6H3. The Morgan fingerprint density at radius 3 is 1.71 bits per heavy atom. The van der Waals surface area contributed by atoms with Crippen molar-refractivity contribution in [1.82, 2.24) is 0 Å². The minimum Gasteiger partial charge on any atom is -0.402 e. The molecule has 1 rings (SSSR count). The molecule has 0 N–H and O–H groups in total. The molecule has 1 saturated heterocycles. The van der Waals surface area contributed by atoms with Gasteiger partial charge in [-0.2, -0.15) is 5.26 Å². The van der Waals surface area contributed by atoms with Crippen LogP contribution in [0.4, 0.5) is 0 Å². The van der Waals surface area contributed by atoms with E-state index in [4.69, 9.17) is 14.6 Å². The van der Waals surface area contributed by atoms with Gasteiger partial charge >= 0.3 is 7.12 Å². The van der Waals surface area contributed by atoms with Crippen molar-refractivity contribution in [2.45, 2.75) is 58.1 Å². The highest BCUT2D eigenvalue weighted by Gasteiger charge is 2.56. The largest absolute Gasteiger partial charge is 0.478 e. The van der Waals surface area contributed by atoms with Gasteiger partial charge in [-0.25, -0.2) is 0 Å². The molecule has 1 fully saturated rings. The molecule has 3 nitrogen and oxygen atoms in total. The summed E-state index contributed by atoms with van der Waals surface area (Å²) < 4.78 is 11.6. The Labute approximate surface area is 86.5 Å². The lowest BCUT2D eigenvalue weighted by atomic mass is 9.61. The van der Waals surface area contributed by atoms with Gasteiger partial charge in [0.1, 0.15) is 0 Å². The Balaban J connectivity index is 2.90. The van der Waals surface area contributed by atoms with Gasteiger partial charge in [0, 0.05) is 0 Å². The second-order valence-corrected chi connectivity index (χ2v) is 5.42. The summed E-state index contributed by atoms with van der Waals surface area (Å²) in [5.74, 6) is 0. The summed E-state index contributed by atoms with van der Waals surface area (Å²) >= 11 is 0. The van der Waals surface area contributed by atoms with E-state index in [1.54, 1.807) is 0 Å². The van der Waals surface area contributed by atoms with E-state index in [9.17, 15) is 0 Å². The van der Waals surface area contributed by atoms with Crippen molar-refractivity contribution in [2.75, 3.05) is 0 Å². The van der Waals surface area contributed by atoms with Crippen molar-refractivity contribution in [3.8, 4) is 6.07 Å². The lowest BCUT2D eigenvalue weighted by Gasteiger charge is -2.32. The van der Waals surface area contributed by atoms with Gasteiger partial charge in [-0.05, 0) is 41.5 Å². The van der Waals surface area contributed by atoms with E-state index in [1.807, 2.05) is 41.5 Å². The normalized spacial score (nSPS) is 24.8. The molecule has 0 radical (unpaired) electrons. The van der Waals surface area contributed by atoms with Crippen LogP contribution in [-0.4, -0.2) is 18.3 Å². The summed E-state index contributed by atoms with van der Waals surface area (Å²) in [4.78, 5) is 0. The molecule has 0 unspecified atom stereocenters. The number of hydrogen-bond acceptors (Lipinski definition) is 3. The highest BCUT2D eigenvalue weighted by molar-refractivity contribution is 6.50. The predicted octanol–water partition coefficient (Wildman–Crippen LogP) is 2.38. The summed E-state index contributed by atoms with van der Waals surface area (Å²) in [6.45, 7) is 11.6. The van der Waals surface area contributed by atoms with E-state index >= 15 is 0 Å². The zero-order valence-electron chi connectivity index (χ0n) is 9.84. The molecule has 1 aliphatic rings. The van der Waals surface area contributed by atoms with Crippen LogP contribution in [0.5, 0.6) is 0 Å². The minimum atomic E-state index is -0.606. The maximum atomic E-state index is 8.98. The molecule has 1 heterocycles. The van der Waals surface area contributed by atoms with Crippen LogP contribution >= 0.6 is 0 Å². The first kappa shape index (κ1) is 11.5. The average molecular weight is 195 g/mol. The van der Waals surface area contributed by atoms with Crippen LogP contribution in [0.1, 0.15) is 41.5 Å². The van der Waals surface area contributed by atoms with Gasteiger partial charge in [-0.15, -0.1) is 0 Å². The molecule has 0 aromatic heterocycles. The fourth-order valence-corrected chi connectivity index (χ4v) is 1.19. The molecular formula is C10H18BNO2. The van der Waals surface area contributed by atoms with Crippen molar-refractivity contribution in [1.29, 1.82) is 5.26 Å². The Kier molecular flexibility index (Phi) is 2.46. The molecule has 78 valence electrons. The first-order chi connectivity index (χ1) is 6.12. The quantitative estimate of drug-likeness (QED) is 0.603. The Hall–Kier alpha value is -0.525. The minimum absolute atomic E-state index is 0.355. The van der Waals surface area contributed by atoms with Gasteiger partial charge in [0.2, 0.25) is 0 Å². The molecule has 4 heteroatoms. The SMILES string of the molecule is CC(C)(C#N)B1OC(C)(C)C(C)(C)O1. The maximum absolute atomic E-state index is 8.98. The Bertz CT molecular complexity index is 262. The van der Waals surface area contributed by atoms with E-state index < -0.39 is 12.4 Å². The van der Waals surface area contributed by atoms with Gasteiger partial charge in [0.15, 0.2) is 0 Å². The molecule has 0 aliphatic carbocycles. The van der Waals surface area contributed by atoms with Crippen molar-refractivity contribution in [2.24, 2.45) is 0 Å². The van der Waals surface area contributed by atoms with Crippen molar-refractivity contribution in [3.63, 3.8) is 0 Å². The molecule has 0 amide bonds. The molecule has 0 bridgehead atoms. The highest BCUT2D eigenvalue weighted by Crippen LogP contribution is 2.44. The topological polar surface area (TPSA) is 42.2 Å². The number of hydrogen-bond donors (Lipinski definition) is 0. The van der Waals surface area contributed by atoms with Crippen LogP contribution in [0.2, 0.25) is 5.31 Å². The summed E-state index contributed by atoms with van der Waals surface area (Å²) in [5, 5.41) is 8.38. The van der Waals surface area contributed by atoms with Gasteiger partial charge < -0.3 is 9.31 Å². The van der Waals surface area contributed by atoms with Crippen LogP contribution in [0.25, 0.3) is 0 Å². The van der Waals surface area contributed by atoms with Gasteiger partial charge in [-0.3, -0.25) is 0 Å². The lowest BCUT2D eigenvalue weighted by Crippen LogP contribution is -2.41. The van der Waals surface area contributed by atoms with Crippen LogP contribution < -0.4 is 0 Å². The number of nitrogens with zero attached hydrogens (tertiary/aromatic N) is 1. The summed E-state index contributed by atoms with van der Waals surface area (Å²) in [6.07, 6.45) is 0. The molecule has 0 saturated carbocycles. The zero-order valence-corrected chi connectivity index (χ0v) is 9.84. The fraction of sp³-hybridized carbons (Fsp3) is 0.900. The third kappa shape index (κ3) is 1.67. The van der Waals surface area contributed by atoms with Gasteiger partial charge in [0.05, 0.1) is 22.6 Å². The van der Waals surface area contributed by atoms with Gasteiger partial charge in [0.25, 0.3) is 0 Å². The molecule has 0 aromatic rings. The third-order valence-corrected chi connectivity index (χ3v) is 3.13. The van der Waals surface area contributed by atoms with Crippen LogP contribution in [-0.2, 0) is 9.31 Å². The molecule has 14 heavy (non-hydrogen) atoms. The fourth-order valence-electron chi connectivity index (χ4n) is 1.19. The molecule has 0 spiro atoms. The van der Waals surface area contributed by atoms with Crippen LogP contribution in [0.3, 0.4) is 0 Å². The number of nitriles is 1. The summed E-state index contributed by atoms with van der Waals surface area (Å²) in [7, 11) is -0.447. The zero-order chi connectivity index (χ0) is 11.2. The number of rotatable bonds is 1. The van der Waals surface area contributed by atoms with E-state index in [0.29, 0.717) is 0 Å². The average Bonchev–Trinajstić information content (AvgIpc) is 2.22. The molecule has 0 atom stereocenters. The molecule has 1 aliphatic heterocycles.